The van der Waals surface area contributed by atoms with Crippen molar-refractivity contribution in [1.82, 2.24) is 19.5 Å². The van der Waals surface area contributed by atoms with Gasteiger partial charge in [0, 0.05) is 24.4 Å². The molecule has 1 spiro atoms. The van der Waals surface area contributed by atoms with Crippen molar-refractivity contribution >= 4 is 41.3 Å². The van der Waals surface area contributed by atoms with E-state index < -0.39 is 5.54 Å². The van der Waals surface area contributed by atoms with Crippen LogP contribution in [0, 0.1) is 20.8 Å². The summed E-state index contributed by atoms with van der Waals surface area (Å²) in [5.74, 6) is 1.70. The van der Waals surface area contributed by atoms with Gasteiger partial charge in [-0.1, -0.05) is 24.1 Å². The summed E-state index contributed by atoms with van der Waals surface area (Å²) in [6.07, 6.45) is 3.32. The van der Waals surface area contributed by atoms with Crippen molar-refractivity contribution in [2.45, 2.75) is 45.6 Å². The molecule has 1 aromatic carbocycles. The number of rotatable bonds is 6. The molecule has 1 amide bonds. The van der Waals surface area contributed by atoms with Crippen LogP contribution in [-0.2, 0) is 11.2 Å². The second kappa shape index (κ2) is 11.6. The Hall–Kier alpha value is -2.07. The Morgan fingerprint density at radius 3 is 2.44 bits per heavy atom. The lowest BCUT2D eigenvalue weighted by Gasteiger charge is -2.34. The number of amidine groups is 1. The first kappa shape index (κ1) is 26.5. The highest BCUT2D eigenvalue weighted by Gasteiger charge is 2.46. The molecule has 9 heteroatoms. The van der Waals surface area contributed by atoms with Gasteiger partial charge < -0.3 is 10.2 Å². The lowest BCUT2D eigenvalue weighted by Crippen LogP contribution is -2.47. The van der Waals surface area contributed by atoms with Crippen LogP contribution in [0.3, 0.4) is 0 Å². The fraction of sp³-hybridized carbons (Fsp3) is 0.520. The normalized spacial score (nSPS) is 17.4. The van der Waals surface area contributed by atoms with Gasteiger partial charge >= 0.3 is 0 Å². The smallest absolute Gasteiger partial charge is 0.253 e. The summed E-state index contributed by atoms with van der Waals surface area (Å²) in [5, 5.41) is 4.00. The van der Waals surface area contributed by atoms with Gasteiger partial charge in [0.25, 0.3) is 5.91 Å². The molecule has 7 nitrogen and oxygen atoms in total. The highest BCUT2D eigenvalue weighted by molar-refractivity contribution is 7.97. The number of carbonyl (C=O) groups excluding carboxylic acids is 2. The minimum absolute atomic E-state index is 0.0264. The van der Waals surface area contributed by atoms with Crippen LogP contribution in [0.5, 0.6) is 0 Å². The average Bonchev–Trinajstić information content (AvgIpc) is 3.28. The van der Waals surface area contributed by atoms with E-state index in [1.807, 2.05) is 70.0 Å². The molecule has 2 aliphatic heterocycles. The highest BCUT2D eigenvalue weighted by atomic mass is 32.2. The zero-order chi connectivity index (χ0) is 24.9. The molecule has 1 saturated heterocycles. The maximum absolute atomic E-state index is 12.8. The van der Waals surface area contributed by atoms with Gasteiger partial charge in [-0.15, -0.1) is 11.3 Å². The van der Waals surface area contributed by atoms with Gasteiger partial charge in [0.15, 0.2) is 0 Å². The summed E-state index contributed by atoms with van der Waals surface area (Å²) >= 11 is 3.42. The van der Waals surface area contributed by atoms with E-state index in [0.717, 1.165) is 71.1 Å². The Balaban J connectivity index is 0.000000751. The van der Waals surface area contributed by atoms with Crippen LogP contribution in [0.2, 0.25) is 0 Å². The lowest BCUT2D eigenvalue weighted by atomic mass is 9.89. The molecule has 0 atom stereocenters. The number of carbonyl (C=O) groups is 2. The van der Waals surface area contributed by atoms with E-state index in [1.165, 1.54) is 5.56 Å². The number of hydrogen-bond donors (Lipinski definition) is 1. The first-order valence-corrected chi connectivity index (χ1v) is 13.3. The fourth-order valence-corrected chi connectivity index (χ4v) is 5.93. The zero-order valence-electron chi connectivity index (χ0n) is 21.0. The van der Waals surface area contributed by atoms with Gasteiger partial charge in [0.1, 0.15) is 17.7 Å². The molecule has 0 saturated carbocycles. The van der Waals surface area contributed by atoms with Crippen LogP contribution in [0.1, 0.15) is 49.9 Å². The number of aromatic nitrogens is 1. The Morgan fingerprint density at radius 1 is 1.21 bits per heavy atom. The molecule has 0 radical (unpaired) electrons. The monoisotopic (exact) mass is 501 g/mol. The number of amides is 1. The molecule has 1 fully saturated rings. The number of nitrogens with zero attached hydrogens (tertiary/aromatic N) is 4. The number of piperidine rings is 1. The molecule has 1 aromatic heterocycles. The van der Waals surface area contributed by atoms with Crippen LogP contribution in [0.15, 0.2) is 23.2 Å². The van der Waals surface area contributed by atoms with Gasteiger partial charge in [0.2, 0.25) is 0 Å². The molecule has 34 heavy (non-hydrogen) atoms. The SMILES string of the molecule is CN(C)C.Cc1nc(C)c(C2=NC3(CCN(SCCc4ccc(C=O)cc4C)CC3)C(=O)N2)s1. The second-order valence-corrected chi connectivity index (χ2v) is 11.6. The summed E-state index contributed by atoms with van der Waals surface area (Å²) in [6.45, 7) is 7.68. The quantitative estimate of drug-likeness (QED) is 0.481. The standard InChI is InChI=1S/C22H26N4O2S2.C3H9N/c1-14-12-17(13-27)4-5-18(14)6-11-29-26-9-7-22(8-10-26)21(28)24-20(25-22)19-15(2)23-16(3)30-19;1-4(2)3/h4-5,12-13H,6-11H2,1-3H3,(H,24,25,28);1-3H3. The number of aldehydes is 1. The average molecular weight is 502 g/mol. The first-order valence-electron chi connectivity index (χ1n) is 11.5. The molecule has 3 heterocycles. The summed E-state index contributed by atoms with van der Waals surface area (Å²) in [4.78, 5) is 35.9. The molecule has 0 bridgehead atoms. The topological polar surface area (TPSA) is 77.9 Å². The van der Waals surface area contributed by atoms with E-state index in [-0.39, 0.29) is 5.91 Å². The summed E-state index contributed by atoms with van der Waals surface area (Å²) in [5.41, 5.74) is 3.47. The van der Waals surface area contributed by atoms with Gasteiger partial charge in [-0.3, -0.25) is 18.9 Å². The second-order valence-electron chi connectivity index (χ2n) is 9.25. The van der Waals surface area contributed by atoms with Gasteiger partial charge in [-0.2, -0.15) is 0 Å². The number of aliphatic imine (C=N–C) groups is 1. The highest BCUT2D eigenvalue weighted by Crippen LogP contribution is 2.34. The van der Waals surface area contributed by atoms with Crippen molar-refractivity contribution in [3.8, 4) is 0 Å². The predicted molar refractivity (Wildman–Crippen MR) is 142 cm³/mol. The molecule has 2 aliphatic rings. The van der Waals surface area contributed by atoms with Crippen molar-refractivity contribution in [2.24, 2.45) is 4.99 Å². The number of hydrogen-bond acceptors (Lipinski definition) is 8. The maximum Gasteiger partial charge on any atom is 0.253 e. The van der Waals surface area contributed by atoms with Crippen molar-refractivity contribution in [1.29, 1.82) is 0 Å². The van der Waals surface area contributed by atoms with Crippen LogP contribution >= 0.6 is 23.3 Å². The summed E-state index contributed by atoms with van der Waals surface area (Å²) in [6, 6.07) is 5.87. The van der Waals surface area contributed by atoms with Gasteiger partial charge in [-0.25, -0.2) is 4.98 Å². The molecule has 0 aliphatic carbocycles. The van der Waals surface area contributed by atoms with Crippen molar-refractivity contribution < 1.29 is 9.59 Å². The number of nitrogens with one attached hydrogen (secondary N) is 1. The predicted octanol–water partition coefficient (Wildman–Crippen LogP) is 3.66. The van der Waals surface area contributed by atoms with E-state index in [4.69, 9.17) is 4.99 Å². The largest absolute Gasteiger partial charge is 0.312 e. The van der Waals surface area contributed by atoms with Gasteiger partial charge in [0.05, 0.1) is 15.6 Å². The van der Waals surface area contributed by atoms with Crippen LogP contribution in [0.25, 0.3) is 0 Å². The first-order chi connectivity index (χ1) is 16.1. The van der Waals surface area contributed by atoms with Crippen molar-refractivity contribution in [3.05, 3.63) is 50.5 Å². The molecular formula is C25H35N5O2S2. The Bertz CT molecular complexity index is 1050. The maximum atomic E-state index is 12.8. The third-order valence-electron chi connectivity index (χ3n) is 5.80. The Kier molecular flexibility index (Phi) is 9.03. The van der Waals surface area contributed by atoms with E-state index in [0.29, 0.717) is 5.84 Å². The van der Waals surface area contributed by atoms with Crippen molar-refractivity contribution in [2.75, 3.05) is 40.0 Å². The van der Waals surface area contributed by atoms with Crippen LogP contribution in [-0.4, -0.2) is 77.7 Å². The fourth-order valence-electron chi connectivity index (χ4n) is 4.06. The molecular weight excluding hydrogens is 466 g/mol. The van der Waals surface area contributed by atoms with Crippen molar-refractivity contribution in [3.63, 3.8) is 0 Å². The van der Waals surface area contributed by atoms with E-state index in [9.17, 15) is 9.59 Å². The molecule has 2 aromatic rings. The van der Waals surface area contributed by atoms with E-state index >= 15 is 0 Å². The van der Waals surface area contributed by atoms with E-state index in [2.05, 4.69) is 21.5 Å². The lowest BCUT2D eigenvalue weighted by molar-refractivity contribution is -0.124. The minimum Gasteiger partial charge on any atom is -0.312 e. The zero-order valence-corrected chi connectivity index (χ0v) is 22.6. The number of aryl methyl sites for hydroxylation is 4. The Morgan fingerprint density at radius 2 is 1.88 bits per heavy atom. The molecule has 0 unspecified atom stereocenters. The molecule has 184 valence electrons. The third kappa shape index (κ3) is 6.53. The molecule has 4 rings (SSSR count). The Labute approximate surface area is 211 Å². The number of thiazole rings is 1. The van der Waals surface area contributed by atoms with Crippen LogP contribution < -0.4 is 5.32 Å². The summed E-state index contributed by atoms with van der Waals surface area (Å²) < 4.78 is 2.35. The van der Waals surface area contributed by atoms with E-state index in [1.54, 1.807) is 11.3 Å². The third-order valence-corrected chi connectivity index (χ3v) is 7.99. The number of benzene rings is 1. The van der Waals surface area contributed by atoms with Crippen LogP contribution in [0.4, 0.5) is 0 Å². The van der Waals surface area contributed by atoms with Gasteiger partial charge in [-0.05, 0) is 78.4 Å². The summed E-state index contributed by atoms with van der Waals surface area (Å²) in [7, 11) is 6.00. The molecule has 1 N–H and O–H groups in total. The minimum atomic E-state index is -0.627.